The molecule has 1 aliphatic carbocycles. The number of rotatable bonds is 6. The van der Waals surface area contributed by atoms with Gasteiger partial charge < -0.3 is 10.6 Å². The number of carbonyl (C=O) groups is 2. The first kappa shape index (κ1) is 19.2. The molecule has 0 heterocycles. The molecule has 2 amide bonds. The molecule has 3 rings (SSSR count). The summed E-state index contributed by atoms with van der Waals surface area (Å²) in [4.78, 5) is 25.7. The average Bonchev–Trinajstić information content (AvgIpc) is 3.44. The molecule has 0 aliphatic heterocycles. The van der Waals surface area contributed by atoms with Crippen LogP contribution in [-0.4, -0.2) is 11.8 Å². The predicted molar refractivity (Wildman–Crippen MR) is 110 cm³/mol. The summed E-state index contributed by atoms with van der Waals surface area (Å²) in [7, 11) is 0. The molecule has 1 saturated carbocycles. The summed E-state index contributed by atoms with van der Waals surface area (Å²) in [5, 5.41) is 5.90. The number of amides is 2. The summed E-state index contributed by atoms with van der Waals surface area (Å²) in [6.45, 7) is 8.44. The van der Waals surface area contributed by atoms with Crippen LogP contribution in [0.3, 0.4) is 0 Å². The van der Waals surface area contributed by atoms with Crippen LogP contribution in [0.1, 0.15) is 63.5 Å². The van der Waals surface area contributed by atoms with Crippen LogP contribution in [0.5, 0.6) is 0 Å². The lowest BCUT2D eigenvalue weighted by molar-refractivity contribution is -0.131. The maximum Gasteiger partial charge on any atom is 0.240 e. The second-order valence-corrected chi connectivity index (χ2v) is 8.01. The minimum atomic E-state index is -0.958. The fourth-order valence-electron chi connectivity index (χ4n) is 3.24. The maximum absolute atomic E-state index is 12.9. The molecule has 0 saturated heterocycles. The van der Waals surface area contributed by atoms with Crippen molar-refractivity contribution in [1.29, 1.82) is 0 Å². The van der Waals surface area contributed by atoms with Crippen molar-refractivity contribution in [1.82, 2.24) is 0 Å². The third-order valence-electron chi connectivity index (χ3n) is 5.29. The van der Waals surface area contributed by atoms with E-state index in [-0.39, 0.29) is 11.8 Å². The number of para-hydroxylation sites is 1. The van der Waals surface area contributed by atoms with E-state index in [2.05, 4.69) is 38.3 Å². The van der Waals surface area contributed by atoms with E-state index in [1.165, 1.54) is 5.56 Å². The molecule has 1 fully saturated rings. The van der Waals surface area contributed by atoms with Crippen molar-refractivity contribution in [3.8, 4) is 0 Å². The minimum Gasteiger partial charge on any atom is -0.325 e. The molecule has 0 spiro atoms. The number of carbonyl (C=O) groups excluding carboxylic acids is 2. The lowest BCUT2D eigenvalue weighted by atomic mass is 9.99. The molecule has 142 valence electrons. The van der Waals surface area contributed by atoms with Gasteiger partial charge in [-0.2, -0.15) is 0 Å². The second kappa shape index (κ2) is 7.55. The van der Waals surface area contributed by atoms with Gasteiger partial charge in [0.1, 0.15) is 5.41 Å². The van der Waals surface area contributed by atoms with Crippen molar-refractivity contribution < 1.29 is 9.59 Å². The van der Waals surface area contributed by atoms with Gasteiger partial charge in [0.05, 0.1) is 0 Å². The first-order valence-corrected chi connectivity index (χ1v) is 9.65. The zero-order chi connectivity index (χ0) is 19.6. The Morgan fingerprint density at radius 3 is 1.96 bits per heavy atom. The van der Waals surface area contributed by atoms with Crippen LogP contribution < -0.4 is 10.6 Å². The molecule has 0 atom stereocenters. The molecule has 2 aromatic rings. The number of nitrogens with one attached hydrogen (secondary N) is 2. The Bertz CT molecular complexity index is 834. The Hall–Kier alpha value is -2.62. The summed E-state index contributed by atoms with van der Waals surface area (Å²) in [5.41, 5.74) is 2.85. The first-order valence-electron chi connectivity index (χ1n) is 9.65. The summed E-state index contributed by atoms with van der Waals surface area (Å²) in [6.07, 6.45) is 1.16. The lowest BCUT2D eigenvalue weighted by Gasteiger charge is -2.18. The monoisotopic (exact) mass is 364 g/mol. The normalized spacial score (nSPS) is 14.9. The van der Waals surface area contributed by atoms with Crippen LogP contribution in [0.15, 0.2) is 48.5 Å². The fourth-order valence-corrected chi connectivity index (χ4v) is 3.24. The van der Waals surface area contributed by atoms with Gasteiger partial charge in [-0.3, -0.25) is 9.59 Å². The maximum atomic E-state index is 12.9. The van der Waals surface area contributed by atoms with Crippen LogP contribution in [0.4, 0.5) is 11.4 Å². The Balaban J connectivity index is 1.71. The van der Waals surface area contributed by atoms with Gasteiger partial charge in [-0.15, -0.1) is 0 Å². The van der Waals surface area contributed by atoms with Crippen LogP contribution >= 0.6 is 0 Å². The highest BCUT2D eigenvalue weighted by atomic mass is 16.2. The van der Waals surface area contributed by atoms with E-state index in [0.29, 0.717) is 24.7 Å². The highest BCUT2D eigenvalue weighted by Gasteiger charge is 2.56. The molecule has 27 heavy (non-hydrogen) atoms. The van der Waals surface area contributed by atoms with Gasteiger partial charge in [0.25, 0.3) is 0 Å². The van der Waals surface area contributed by atoms with E-state index < -0.39 is 5.41 Å². The van der Waals surface area contributed by atoms with Gasteiger partial charge >= 0.3 is 0 Å². The van der Waals surface area contributed by atoms with Crippen LogP contribution in [-0.2, 0) is 9.59 Å². The summed E-state index contributed by atoms with van der Waals surface area (Å²) in [5.74, 6) is 0.299. The topological polar surface area (TPSA) is 58.2 Å². The van der Waals surface area contributed by atoms with Crippen molar-refractivity contribution in [2.24, 2.45) is 5.41 Å². The smallest absolute Gasteiger partial charge is 0.240 e. The molecular formula is C23H28N2O2. The number of hydrogen-bond acceptors (Lipinski definition) is 2. The summed E-state index contributed by atoms with van der Waals surface area (Å²) >= 11 is 0. The Morgan fingerprint density at radius 2 is 1.41 bits per heavy atom. The largest absolute Gasteiger partial charge is 0.325 e. The van der Waals surface area contributed by atoms with E-state index in [9.17, 15) is 9.59 Å². The van der Waals surface area contributed by atoms with E-state index in [4.69, 9.17) is 0 Å². The van der Waals surface area contributed by atoms with Crippen LogP contribution in [0.25, 0.3) is 0 Å². The Labute approximate surface area is 161 Å². The van der Waals surface area contributed by atoms with Crippen LogP contribution in [0.2, 0.25) is 0 Å². The molecule has 2 aromatic carbocycles. The molecule has 0 radical (unpaired) electrons. The standard InChI is InChI=1S/C23H28N2O2/c1-15(2)17-9-11-18(12-10-17)24-21(26)23(13-14-23)22(27)25-20-8-6-5-7-19(20)16(3)4/h5-12,15-16H,13-14H2,1-4H3,(H,24,26)(H,25,27). The second-order valence-electron chi connectivity index (χ2n) is 8.01. The zero-order valence-corrected chi connectivity index (χ0v) is 16.5. The molecular weight excluding hydrogens is 336 g/mol. The molecule has 0 unspecified atom stereocenters. The highest BCUT2D eigenvalue weighted by molar-refractivity contribution is 6.17. The predicted octanol–water partition coefficient (Wildman–Crippen LogP) is 5.29. The lowest BCUT2D eigenvalue weighted by Crippen LogP contribution is -2.35. The first-order chi connectivity index (χ1) is 12.8. The van der Waals surface area contributed by atoms with E-state index in [1.807, 2.05) is 48.5 Å². The van der Waals surface area contributed by atoms with Gasteiger partial charge in [0, 0.05) is 11.4 Å². The van der Waals surface area contributed by atoms with Crippen molar-refractivity contribution in [3.63, 3.8) is 0 Å². The summed E-state index contributed by atoms with van der Waals surface area (Å²) < 4.78 is 0. The molecule has 0 bridgehead atoms. The molecule has 2 N–H and O–H groups in total. The highest BCUT2D eigenvalue weighted by Crippen LogP contribution is 2.47. The average molecular weight is 364 g/mol. The number of hydrogen-bond donors (Lipinski definition) is 2. The quantitative estimate of drug-likeness (QED) is 0.684. The number of anilines is 2. The SMILES string of the molecule is CC(C)c1ccc(NC(=O)C2(C(=O)Nc3ccccc3C(C)C)CC2)cc1. The van der Waals surface area contributed by atoms with Crippen molar-refractivity contribution in [3.05, 3.63) is 59.7 Å². The number of benzene rings is 2. The molecule has 4 nitrogen and oxygen atoms in total. The zero-order valence-electron chi connectivity index (χ0n) is 16.5. The summed E-state index contributed by atoms with van der Waals surface area (Å²) in [6, 6.07) is 15.6. The third kappa shape index (κ3) is 4.05. The van der Waals surface area contributed by atoms with Gasteiger partial charge in [-0.05, 0) is 54.0 Å². The molecule has 0 aromatic heterocycles. The van der Waals surface area contributed by atoms with Gasteiger partial charge in [0.15, 0.2) is 0 Å². The van der Waals surface area contributed by atoms with Crippen molar-refractivity contribution >= 4 is 23.2 Å². The van der Waals surface area contributed by atoms with Crippen molar-refractivity contribution in [2.45, 2.75) is 52.4 Å². The van der Waals surface area contributed by atoms with Crippen LogP contribution in [0, 0.1) is 5.41 Å². The minimum absolute atomic E-state index is 0.216. The fraction of sp³-hybridized carbons (Fsp3) is 0.391. The van der Waals surface area contributed by atoms with E-state index >= 15 is 0 Å². The molecule has 1 aliphatic rings. The Morgan fingerprint density at radius 1 is 0.815 bits per heavy atom. The molecule has 4 heteroatoms. The third-order valence-corrected chi connectivity index (χ3v) is 5.29. The van der Waals surface area contributed by atoms with E-state index in [1.54, 1.807) is 0 Å². The van der Waals surface area contributed by atoms with Gasteiger partial charge in [-0.1, -0.05) is 58.0 Å². The van der Waals surface area contributed by atoms with Gasteiger partial charge in [-0.25, -0.2) is 0 Å². The van der Waals surface area contributed by atoms with Crippen molar-refractivity contribution in [2.75, 3.05) is 10.6 Å². The van der Waals surface area contributed by atoms with Gasteiger partial charge in [0.2, 0.25) is 11.8 Å². The van der Waals surface area contributed by atoms with E-state index in [0.717, 1.165) is 16.9 Å². The Kier molecular flexibility index (Phi) is 5.36.